The van der Waals surface area contributed by atoms with Crippen molar-refractivity contribution in [2.24, 2.45) is 11.8 Å². The first-order valence-electron chi connectivity index (χ1n) is 5.75. The van der Waals surface area contributed by atoms with Gasteiger partial charge in [0.15, 0.2) is 0 Å². The van der Waals surface area contributed by atoms with Crippen LogP contribution in [0.25, 0.3) is 0 Å². The molecule has 0 saturated heterocycles. The summed E-state index contributed by atoms with van der Waals surface area (Å²) in [5.74, 6) is -1.43. The van der Waals surface area contributed by atoms with Crippen LogP contribution >= 0.6 is 0 Å². The van der Waals surface area contributed by atoms with Crippen molar-refractivity contribution in [2.75, 3.05) is 6.61 Å². The Balaban J connectivity index is 2.72. The Bertz CT molecular complexity index is 295. The molecule has 0 aromatic carbocycles. The van der Waals surface area contributed by atoms with E-state index < -0.39 is 11.9 Å². The van der Waals surface area contributed by atoms with Crippen LogP contribution in [0, 0.1) is 11.8 Å². The Morgan fingerprint density at radius 2 is 2.19 bits per heavy atom. The van der Waals surface area contributed by atoms with E-state index in [0.717, 1.165) is 12.8 Å². The minimum Gasteiger partial charge on any atom is -0.465 e. The summed E-state index contributed by atoms with van der Waals surface area (Å²) in [7, 11) is 0. The zero-order chi connectivity index (χ0) is 12.1. The number of Topliss-reactive ketones (excluding diaryl/α,β-unsaturated/α-hetero) is 2. The van der Waals surface area contributed by atoms with Gasteiger partial charge in [0.2, 0.25) is 0 Å². The topological polar surface area (TPSA) is 60.4 Å². The lowest BCUT2D eigenvalue weighted by Gasteiger charge is -2.26. The van der Waals surface area contributed by atoms with Crippen molar-refractivity contribution in [1.29, 1.82) is 0 Å². The fourth-order valence-corrected chi connectivity index (χ4v) is 2.26. The van der Waals surface area contributed by atoms with Gasteiger partial charge >= 0.3 is 5.97 Å². The minimum absolute atomic E-state index is 0.145. The van der Waals surface area contributed by atoms with Crippen molar-refractivity contribution in [1.82, 2.24) is 0 Å². The molecule has 1 saturated carbocycles. The number of rotatable bonds is 4. The SMILES string of the molecule is CCOC(=O)C(C(C)=O)C1CCCC(=O)C1. The molecule has 2 unspecified atom stereocenters. The molecule has 0 amide bonds. The molecule has 0 aromatic rings. The van der Waals surface area contributed by atoms with Gasteiger partial charge < -0.3 is 4.74 Å². The molecule has 2 atom stereocenters. The maximum atomic E-state index is 11.6. The van der Waals surface area contributed by atoms with Crippen LogP contribution in [0.5, 0.6) is 0 Å². The van der Waals surface area contributed by atoms with Gasteiger partial charge in [-0.3, -0.25) is 14.4 Å². The summed E-state index contributed by atoms with van der Waals surface area (Å²) in [4.78, 5) is 34.4. The van der Waals surface area contributed by atoms with Gasteiger partial charge in [0, 0.05) is 12.8 Å². The van der Waals surface area contributed by atoms with Crippen molar-refractivity contribution in [3.05, 3.63) is 0 Å². The maximum Gasteiger partial charge on any atom is 0.316 e. The maximum absolute atomic E-state index is 11.6. The Morgan fingerprint density at radius 3 is 2.69 bits per heavy atom. The first-order valence-corrected chi connectivity index (χ1v) is 5.75. The van der Waals surface area contributed by atoms with Gasteiger partial charge in [0.05, 0.1) is 6.61 Å². The molecule has 0 radical (unpaired) electrons. The Kier molecular flexibility index (Phi) is 4.65. The summed E-state index contributed by atoms with van der Waals surface area (Å²) >= 11 is 0. The van der Waals surface area contributed by atoms with Crippen molar-refractivity contribution >= 4 is 17.5 Å². The monoisotopic (exact) mass is 226 g/mol. The molecule has 1 rings (SSSR count). The zero-order valence-corrected chi connectivity index (χ0v) is 9.82. The molecule has 0 bridgehead atoms. The zero-order valence-electron chi connectivity index (χ0n) is 9.82. The van der Waals surface area contributed by atoms with Crippen LogP contribution in [0.1, 0.15) is 39.5 Å². The highest BCUT2D eigenvalue weighted by Gasteiger charge is 2.36. The van der Waals surface area contributed by atoms with E-state index in [2.05, 4.69) is 0 Å². The predicted molar refractivity (Wildman–Crippen MR) is 57.8 cm³/mol. The van der Waals surface area contributed by atoms with Crippen LogP contribution in [0.2, 0.25) is 0 Å². The second kappa shape index (κ2) is 5.77. The average molecular weight is 226 g/mol. The average Bonchev–Trinajstić information content (AvgIpc) is 2.17. The lowest BCUT2D eigenvalue weighted by atomic mass is 9.78. The molecule has 4 heteroatoms. The molecule has 1 aliphatic rings. The van der Waals surface area contributed by atoms with Crippen molar-refractivity contribution in [3.63, 3.8) is 0 Å². The molecule has 16 heavy (non-hydrogen) atoms. The fourth-order valence-electron chi connectivity index (χ4n) is 2.26. The lowest BCUT2D eigenvalue weighted by molar-refractivity contribution is -0.154. The summed E-state index contributed by atoms with van der Waals surface area (Å²) in [6.45, 7) is 3.37. The first kappa shape index (κ1) is 12.9. The quantitative estimate of drug-likeness (QED) is 0.538. The smallest absolute Gasteiger partial charge is 0.316 e. The molecule has 1 fully saturated rings. The third kappa shape index (κ3) is 3.15. The molecule has 0 N–H and O–H groups in total. The molecular weight excluding hydrogens is 208 g/mol. The third-order valence-corrected chi connectivity index (χ3v) is 2.97. The van der Waals surface area contributed by atoms with E-state index in [1.807, 2.05) is 0 Å². The predicted octanol–water partition coefficient (Wildman–Crippen LogP) is 1.51. The van der Waals surface area contributed by atoms with E-state index in [9.17, 15) is 14.4 Å². The highest BCUT2D eigenvalue weighted by molar-refractivity contribution is 5.98. The molecule has 90 valence electrons. The molecule has 0 aliphatic heterocycles. The van der Waals surface area contributed by atoms with Crippen LogP contribution in [0.15, 0.2) is 0 Å². The Labute approximate surface area is 95.3 Å². The van der Waals surface area contributed by atoms with Gasteiger partial charge in [-0.25, -0.2) is 0 Å². The highest BCUT2D eigenvalue weighted by Crippen LogP contribution is 2.29. The second-order valence-corrected chi connectivity index (χ2v) is 4.24. The van der Waals surface area contributed by atoms with E-state index in [-0.39, 0.29) is 24.1 Å². The number of hydrogen-bond donors (Lipinski definition) is 0. The molecule has 4 nitrogen and oxygen atoms in total. The van der Waals surface area contributed by atoms with Gasteiger partial charge in [-0.1, -0.05) is 0 Å². The standard InChI is InChI=1S/C12H18O4/c1-3-16-12(15)11(8(2)13)9-5-4-6-10(14)7-9/h9,11H,3-7H2,1-2H3. The summed E-state index contributed by atoms with van der Waals surface area (Å²) in [5.41, 5.74) is 0. The number of carbonyl (C=O) groups is 3. The van der Waals surface area contributed by atoms with E-state index in [1.54, 1.807) is 6.92 Å². The van der Waals surface area contributed by atoms with Crippen LogP contribution in [0.3, 0.4) is 0 Å². The fraction of sp³-hybridized carbons (Fsp3) is 0.750. The minimum atomic E-state index is -0.746. The van der Waals surface area contributed by atoms with Gasteiger partial charge in [-0.05, 0) is 32.6 Å². The first-order chi connectivity index (χ1) is 7.56. The van der Waals surface area contributed by atoms with E-state index in [0.29, 0.717) is 12.8 Å². The van der Waals surface area contributed by atoms with Crippen LogP contribution in [-0.4, -0.2) is 24.1 Å². The molecule has 0 heterocycles. The van der Waals surface area contributed by atoms with E-state index in [4.69, 9.17) is 4.74 Å². The van der Waals surface area contributed by atoms with Gasteiger partial charge in [-0.2, -0.15) is 0 Å². The summed E-state index contributed by atoms with van der Waals surface area (Å²) < 4.78 is 4.88. The largest absolute Gasteiger partial charge is 0.465 e. The third-order valence-electron chi connectivity index (χ3n) is 2.97. The molecule has 0 aromatic heterocycles. The summed E-state index contributed by atoms with van der Waals surface area (Å²) in [6, 6.07) is 0. The molecule has 0 spiro atoms. The molecular formula is C12H18O4. The number of esters is 1. The van der Waals surface area contributed by atoms with Gasteiger partial charge in [0.1, 0.15) is 17.5 Å². The van der Waals surface area contributed by atoms with E-state index >= 15 is 0 Å². The van der Waals surface area contributed by atoms with Gasteiger partial charge in [-0.15, -0.1) is 0 Å². The van der Waals surface area contributed by atoms with E-state index in [1.165, 1.54) is 6.92 Å². The number of hydrogen-bond acceptors (Lipinski definition) is 4. The Morgan fingerprint density at radius 1 is 1.50 bits per heavy atom. The van der Waals surface area contributed by atoms with Crippen molar-refractivity contribution < 1.29 is 19.1 Å². The van der Waals surface area contributed by atoms with Crippen LogP contribution in [-0.2, 0) is 19.1 Å². The summed E-state index contributed by atoms with van der Waals surface area (Å²) in [6.07, 6.45) is 2.44. The Hall–Kier alpha value is -1.19. The number of carbonyl (C=O) groups excluding carboxylic acids is 3. The normalized spacial score (nSPS) is 22.6. The van der Waals surface area contributed by atoms with Crippen molar-refractivity contribution in [2.45, 2.75) is 39.5 Å². The highest BCUT2D eigenvalue weighted by atomic mass is 16.5. The second-order valence-electron chi connectivity index (χ2n) is 4.24. The summed E-state index contributed by atoms with van der Waals surface area (Å²) in [5, 5.41) is 0. The number of ketones is 2. The van der Waals surface area contributed by atoms with Crippen LogP contribution < -0.4 is 0 Å². The molecule has 1 aliphatic carbocycles. The van der Waals surface area contributed by atoms with Gasteiger partial charge in [0.25, 0.3) is 0 Å². The van der Waals surface area contributed by atoms with Crippen molar-refractivity contribution in [3.8, 4) is 0 Å². The van der Waals surface area contributed by atoms with Crippen LogP contribution in [0.4, 0.5) is 0 Å². The number of ether oxygens (including phenoxy) is 1. The lowest BCUT2D eigenvalue weighted by Crippen LogP contribution is -2.34.